The Balaban J connectivity index is 5.15. The van der Waals surface area contributed by atoms with Gasteiger partial charge in [-0.05, 0) is 32.4 Å². The van der Waals surface area contributed by atoms with Gasteiger partial charge >= 0.3 is 0 Å². The Morgan fingerprint density at radius 2 is 2.00 bits per heavy atom. The molecular weight excluding hydrogens is 231 g/mol. The second-order valence-corrected chi connectivity index (χ2v) is 4.95. The van der Waals surface area contributed by atoms with Gasteiger partial charge in [0.05, 0.1) is 12.5 Å². The Bertz CT molecular complexity index is 314. The summed E-state index contributed by atoms with van der Waals surface area (Å²) in [6, 6.07) is 0. The Kier molecular flexibility index (Phi) is 8.75. The largest absolute Gasteiger partial charge is 0.490 e. The summed E-state index contributed by atoms with van der Waals surface area (Å²) in [5.74, 6) is 0.864. The molecule has 0 spiro atoms. The summed E-state index contributed by atoms with van der Waals surface area (Å²) >= 11 is 0. The van der Waals surface area contributed by atoms with Gasteiger partial charge in [0, 0.05) is 12.4 Å². The fourth-order valence-electron chi connectivity index (χ4n) is 1.21. The zero-order valence-electron chi connectivity index (χ0n) is 11.2. The van der Waals surface area contributed by atoms with E-state index in [9.17, 15) is 0 Å². The summed E-state index contributed by atoms with van der Waals surface area (Å²) in [7, 11) is 2.25. The van der Waals surface area contributed by atoms with Crippen molar-refractivity contribution in [2.45, 2.75) is 26.9 Å². The first kappa shape index (κ1) is 16.1. The van der Waals surface area contributed by atoms with E-state index in [0.717, 1.165) is 16.6 Å². The van der Waals surface area contributed by atoms with Crippen LogP contribution in [-0.4, -0.2) is 19.6 Å². The molecule has 3 heteroatoms. The van der Waals surface area contributed by atoms with Crippen LogP contribution < -0.4 is 0 Å². The third-order valence-corrected chi connectivity index (χ3v) is 3.40. The summed E-state index contributed by atoms with van der Waals surface area (Å²) in [6.07, 6.45) is 6.31. The minimum absolute atomic E-state index is 0.140. The van der Waals surface area contributed by atoms with Crippen molar-refractivity contribution in [1.29, 1.82) is 0 Å². The molecule has 17 heavy (non-hydrogen) atoms. The van der Waals surface area contributed by atoms with Crippen LogP contribution in [0, 0.1) is 0 Å². The van der Waals surface area contributed by atoms with Gasteiger partial charge in [-0.2, -0.15) is 0 Å². The maximum absolute atomic E-state index is 5.81. The quantitative estimate of drug-likeness (QED) is 0.367. The lowest BCUT2D eigenvalue weighted by atomic mass is 10.2. The van der Waals surface area contributed by atoms with E-state index in [2.05, 4.69) is 13.2 Å². The van der Waals surface area contributed by atoms with Gasteiger partial charge in [-0.1, -0.05) is 33.9 Å². The van der Waals surface area contributed by atoms with Crippen LogP contribution in [0.2, 0.25) is 0 Å². The van der Waals surface area contributed by atoms with Crippen LogP contribution in [0.4, 0.5) is 0 Å². The number of hydrogen-bond donors (Lipinski definition) is 0. The SMILES string of the molecule is C=C/C=C(OC(C)C)\C(PCOC)=C(\C)C=C. The Morgan fingerprint density at radius 1 is 1.35 bits per heavy atom. The molecule has 0 bridgehead atoms. The van der Waals surface area contributed by atoms with Gasteiger partial charge in [0.1, 0.15) is 5.76 Å². The molecule has 0 aromatic rings. The number of rotatable bonds is 8. The molecule has 96 valence electrons. The van der Waals surface area contributed by atoms with E-state index in [1.165, 1.54) is 0 Å². The fourth-order valence-corrected chi connectivity index (χ4v) is 2.20. The number of methoxy groups -OCH3 is 1. The van der Waals surface area contributed by atoms with E-state index in [-0.39, 0.29) is 6.10 Å². The molecule has 0 aromatic heterocycles. The minimum atomic E-state index is 0.140. The highest BCUT2D eigenvalue weighted by atomic mass is 31.1. The summed E-state index contributed by atoms with van der Waals surface area (Å²) < 4.78 is 10.9. The van der Waals surface area contributed by atoms with E-state index >= 15 is 0 Å². The predicted molar refractivity (Wildman–Crippen MR) is 77.6 cm³/mol. The van der Waals surface area contributed by atoms with E-state index in [1.807, 2.05) is 32.9 Å². The van der Waals surface area contributed by atoms with Gasteiger partial charge in [0.2, 0.25) is 0 Å². The highest BCUT2D eigenvalue weighted by Crippen LogP contribution is 2.34. The molecule has 2 nitrogen and oxygen atoms in total. The molecule has 1 atom stereocenters. The van der Waals surface area contributed by atoms with Crippen molar-refractivity contribution < 1.29 is 9.47 Å². The van der Waals surface area contributed by atoms with Gasteiger partial charge in [0.25, 0.3) is 0 Å². The topological polar surface area (TPSA) is 18.5 Å². The van der Waals surface area contributed by atoms with Crippen LogP contribution in [0.3, 0.4) is 0 Å². The normalized spacial score (nSPS) is 14.1. The minimum Gasteiger partial charge on any atom is -0.490 e. The Morgan fingerprint density at radius 3 is 2.41 bits per heavy atom. The van der Waals surface area contributed by atoms with Gasteiger partial charge in [-0.15, -0.1) is 0 Å². The highest BCUT2D eigenvalue weighted by Gasteiger charge is 2.10. The number of hydrogen-bond acceptors (Lipinski definition) is 2. The first-order valence-corrected chi connectivity index (χ1v) is 6.83. The first-order valence-electron chi connectivity index (χ1n) is 5.62. The zero-order valence-corrected chi connectivity index (χ0v) is 12.2. The Hall–Kier alpha value is -0.850. The molecular formula is C14H23O2P. The Labute approximate surface area is 107 Å². The smallest absolute Gasteiger partial charge is 0.127 e. The van der Waals surface area contributed by atoms with Crippen LogP contribution in [-0.2, 0) is 9.47 Å². The van der Waals surface area contributed by atoms with Crippen molar-refractivity contribution in [3.05, 3.63) is 48.0 Å². The lowest BCUT2D eigenvalue weighted by molar-refractivity contribution is 0.156. The number of ether oxygens (including phenoxy) is 2. The maximum atomic E-state index is 5.81. The summed E-state index contributed by atoms with van der Waals surface area (Å²) in [4.78, 5) is 0. The molecule has 0 aliphatic rings. The van der Waals surface area contributed by atoms with Crippen molar-refractivity contribution >= 4 is 8.58 Å². The molecule has 0 radical (unpaired) electrons. The highest BCUT2D eigenvalue weighted by molar-refractivity contribution is 7.43. The van der Waals surface area contributed by atoms with Crippen LogP contribution >= 0.6 is 8.58 Å². The van der Waals surface area contributed by atoms with Crippen LogP contribution in [0.5, 0.6) is 0 Å². The van der Waals surface area contributed by atoms with Crippen molar-refractivity contribution in [2.75, 3.05) is 13.5 Å². The van der Waals surface area contributed by atoms with Gasteiger partial charge < -0.3 is 9.47 Å². The predicted octanol–water partition coefficient (Wildman–Crippen LogP) is 4.22. The standard InChI is InChI=1S/C14H23O2P/c1-7-9-13(16-11(3)4)14(12(5)8-2)17-10-15-6/h7-9,11,17H,1-2,10H2,3-6H3/b13-9+,14-12+. The summed E-state index contributed by atoms with van der Waals surface area (Å²) in [5.41, 5.74) is 1.12. The van der Waals surface area contributed by atoms with Crippen molar-refractivity contribution in [3.8, 4) is 0 Å². The third kappa shape index (κ3) is 6.45. The molecule has 0 saturated heterocycles. The van der Waals surface area contributed by atoms with Gasteiger partial charge in [-0.25, -0.2) is 0 Å². The molecule has 0 N–H and O–H groups in total. The maximum Gasteiger partial charge on any atom is 0.127 e. The lowest BCUT2D eigenvalue weighted by Crippen LogP contribution is -2.04. The molecule has 1 unspecified atom stereocenters. The van der Waals surface area contributed by atoms with Gasteiger partial charge in [-0.3, -0.25) is 0 Å². The van der Waals surface area contributed by atoms with Crippen molar-refractivity contribution in [2.24, 2.45) is 0 Å². The monoisotopic (exact) mass is 254 g/mol. The molecule has 0 aromatic carbocycles. The summed E-state index contributed by atoms with van der Waals surface area (Å²) in [6.45, 7) is 13.6. The molecule has 0 aliphatic heterocycles. The second-order valence-electron chi connectivity index (χ2n) is 3.81. The molecule has 0 aliphatic carbocycles. The van der Waals surface area contributed by atoms with Crippen LogP contribution in [0.15, 0.2) is 48.0 Å². The van der Waals surface area contributed by atoms with E-state index in [1.54, 1.807) is 13.2 Å². The van der Waals surface area contributed by atoms with E-state index in [0.29, 0.717) is 14.9 Å². The lowest BCUT2D eigenvalue weighted by Gasteiger charge is -2.18. The van der Waals surface area contributed by atoms with Gasteiger partial charge in [0.15, 0.2) is 0 Å². The second kappa shape index (κ2) is 9.21. The average Bonchev–Trinajstić information content (AvgIpc) is 2.28. The molecule has 0 rings (SSSR count). The van der Waals surface area contributed by atoms with Crippen LogP contribution in [0.1, 0.15) is 20.8 Å². The molecule has 0 amide bonds. The molecule has 0 fully saturated rings. The van der Waals surface area contributed by atoms with Crippen molar-refractivity contribution in [1.82, 2.24) is 0 Å². The summed E-state index contributed by atoms with van der Waals surface area (Å²) in [5, 5.41) is 1.15. The average molecular weight is 254 g/mol. The zero-order chi connectivity index (χ0) is 13.3. The third-order valence-electron chi connectivity index (χ3n) is 1.97. The van der Waals surface area contributed by atoms with Crippen LogP contribution in [0.25, 0.3) is 0 Å². The first-order chi connectivity index (χ1) is 8.06. The van der Waals surface area contributed by atoms with E-state index in [4.69, 9.17) is 9.47 Å². The van der Waals surface area contributed by atoms with E-state index < -0.39 is 0 Å². The molecule has 0 heterocycles. The fraction of sp³-hybridized carbons (Fsp3) is 0.429. The number of allylic oxidation sites excluding steroid dienone is 5. The molecule has 0 saturated carbocycles. The van der Waals surface area contributed by atoms with Crippen molar-refractivity contribution in [3.63, 3.8) is 0 Å².